The molecule has 0 radical (unpaired) electrons. The highest BCUT2D eigenvalue weighted by molar-refractivity contribution is 5.75. The molecule has 4 nitrogen and oxygen atoms in total. The van der Waals surface area contributed by atoms with Gasteiger partial charge in [-0.05, 0) is 55.5 Å². The number of ether oxygens (including phenoxy) is 1. The Balaban J connectivity index is 1.82. The lowest BCUT2D eigenvalue weighted by molar-refractivity contribution is -0.139. The SMILES string of the molecule is CCCCCCCCCc1cnc(-c2ccc(OC(=O)C(CCC)CCC)cc2)nc1. The van der Waals surface area contributed by atoms with Crippen LogP contribution in [0.5, 0.6) is 5.75 Å². The second-order valence-corrected chi connectivity index (χ2v) is 8.51. The number of carbonyl (C=O) groups is 1. The van der Waals surface area contributed by atoms with Crippen LogP contribution in [0.2, 0.25) is 0 Å². The molecule has 0 saturated carbocycles. The number of rotatable bonds is 15. The van der Waals surface area contributed by atoms with E-state index in [0.29, 0.717) is 11.6 Å². The Morgan fingerprint density at radius 3 is 1.97 bits per heavy atom. The molecule has 2 rings (SSSR count). The van der Waals surface area contributed by atoms with Crippen molar-refractivity contribution in [1.82, 2.24) is 9.97 Å². The minimum atomic E-state index is -0.123. The zero-order chi connectivity index (χ0) is 22.3. The van der Waals surface area contributed by atoms with Gasteiger partial charge in [-0.25, -0.2) is 9.97 Å². The van der Waals surface area contributed by atoms with Crippen molar-refractivity contribution in [2.24, 2.45) is 5.92 Å². The third kappa shape index (κ3) is 9.20. The second kappa shape index (κ2) is 14.7. The van der Waals surface area contributed by atoms with Crippen LogP contribution in [0.25, 0.3) is 11.4 Å². The Labute approximate surface area is 188 Å². The first-order chi connectivity index (χ1) is 15.2. The van der Waals surface area contributed by atoms with Crippen molar-refractivity contribution in [3.05, 3.63) is 42.2 Å². The van der Waals surface area contributed by atoms with Gasteiger partial charge in [0.2, 0.25) is 0 Å². The summed E-state index contributed by atoms with van der Waals surface area (Å²) in [6.07, 6.45) is 17.8. The summed E-state index contributed by atoms with van der Waals surface area (Å²) in [7, 11) is 0. The maximum absolute atomic E-state index is 12.4. The molecular weight excluding hydrogens is 384 g/mol. The van der Waals surface area contributed by atoms with Crippen LogP contribution >= 0.6 is 0 Å². The van der Waals surface area contributed by atoms with Gasteiger partial charge < -0.3 is 4.74 Å². The summed E-state index contributed by atoms with van der Waals surface area (Å²) in [4.78, 5) is 21.5. The molecule has 0 atom stereocenters. The van der Waals surface area contributed by atoms with Crippen LogP contribution in [-0.2, 0) is 11.2 Å². The van der Waals surface area contributed by atoms with Crippen LogP contribution in [-0.4, -0.2) is 15.9 Å². The van der Waals surface area contributed by atoms with Gasteiger partial charge in [-0.15, -0.1) is 0 Å². The maximum atomic E-state index is 12.4. The van der Waals surface area contributed by atoms with E-state index in [1.807, 2.05) is 36.7 Å². The van der Waals surface area contributed by atoms with E-state index in [1.54, 1.807) is 0 Å². The lowest BCUT2D eigenvalue weighted by atomic mass is 9.99. The highest BCUT2D eigenvalue weighted by atomic mass is 16.5. The quantitative estimate of drug-likeness (QED) is 0.168. The molecule has 0 unspecified atom stereocenters. The van der Waals surface area contributed by atoms with E-state index < -0.39 is 0 Å². The standard InChI is InChI=1S/C27H40N2O2/c1-4-7-8-9-10-11-12-15-22-20-28-26(29-21-22)23-16-18-25(19-17-23)31-27(30)24(13-5-2)14-6-3/h16-21,24H,4-15H2,1-3H3. The van der Waals surface area contributed by atoms with Crippen LogP contribution in [0.3, 0.4) is 0 Å². The van der Waals surface area contributed by atoms with Crippen molar-refractivity contribution in [3.63, 3.8) is 0 Å². The van der Waals surface area contributed by atoms with E-state index in [-0.39, 0.29) is 11.9 Å². The molecule has 0 saturated heterocycles. The van der Waals surface area contributed by atoms with Crippen molar-refractivity contribution in [3.8, 4) is 17.1 Å². The molecule has 0 bridgehead atoms. The first-order valence-electron chi connectivity index (χ1n) is 12.3. The highest BCUT2D eigenvalue weighted by Gasteiger charge is 2.18. The normalized spacial score (nSPS) is 11.1. The summed E-state index contributed by atoms with van der Waals surface area (Å²) in [5, 5.41) is 0. The molecule has 0 amide bonds. The lowest BCUT2D eigenvalue weighted by Gasteiger charge is -2.14. The molecule has 0 aliphatic rings. The van der Waals surface area contributed by atoms with Gasteiger partial charge in [0.05, 0.1) is 5.92 Å². The fourth-order valence-electron chi connectivity index (χ4n) is 3.87. The fraction of sp³-hybridized carbons (Fsp3) is 0.593. The van der Waals surface area contributed by atoms with Gasteiger partial charge in [0.15, 0.2) is 5.82 Å². The predicted molar refractivity (Wildman–Crippen MR) is 128 cm³/mol. The number of aromatic nitrogens is 2. The molecule has 170 valence electrons. The van der Waals surface area contributed by atoms with Crippen LogP contribution < -0.4 is 4.74 Å². The summed E-state index contributed by atoms with van der Waals surface area (Å²) in [5.41, 5.74) is 2.13. The fourth-order valence-corrected chi connectivity index (χ4v) is 3.87. The van der Waals surface area contributed by atoms with Gasteiger partial charge in [-0.1, -0.05) is 72.1 Å². The minimum Gasteiger partial charge on any atom is -0.426 e. The molecule has 1 heterocycles. The minimum absolute atomic E-state index is 0.0121. The Bertz CT molecular complexity index is 735. The zero-order valence-electron chi connectivity index (χ0n) is 19.7. The third-order valence-electron chi connectivity index (χ3n) is 5.71. The number of unbranched alkanes of at least 4 members (excludes halogenated alkanes) is 6. The topological polar surface area (TPSA) is 52.1 Å². The molecule has 1 aromatic carbocycles. The van der Waals surface area contributed by atoms with E-state index in [4.69, 9.17) is 4.74 Å². The van der Waals surface area contributed by atoms with Crippen LogP contribution in [0.15, 0.2) is 36.7 Å². The van der Waals surface area contributed by atoms with Crippen LogP contribution in [0.4, 0.5) is 0 Å². The average Bonchev–Trinajstić information content (AvgIpc) is 2.79. The van der Waals surface area contributed by atoms with Gasteiger partial charge in [0.25, 0.3) is 0 Å². The van der Waals surface area contributed by atoms with Gasteiger partial charge in [-0.2, -0.15) is 0 Å². The summed E-state index contributed by atoms with van der Waals surface area (Å²) in [5.74, 6) is 1.15. The summed E-state index contributed by atoms with van der Waals surface area (Å²) in [6, 6.07) is 7.50. The molecule has 2 aromatic rings. The zero-order valence-corrected chi connectivity index (χ0v) is 19.7. The van der Waals surface area contributed by atoms with Gasteiger partial charge in [-0.3, -0.25) is 4.79 Å². The number of hydrogen-bond acceptors (Lipinski definition) is 4. The Hall–Kier alpha value is -2.23. The second-order valence-electron chi connectivity index (χ2n) is 8.51. The molecule has 0 aliphatic carbocycles. The molecule has 0 fully saturated rings. The van der Waals surface area contributed by atoms with Gasteiger partial charge in [0, 0.05) is 18.0 Å². The predicted octanol–water partition coefficient (Wildman–Crippen LogP) is 7.56. The first-order valence-corrected chi connectivity index (χ1v) is 12.3. The van der Waals surface area contributed by atoms with Crippen molar-refractivity contribution in [2.45, 2.75) is 97.8 Å². The van der Waals surface area contributed by atoms with E-state index in [9.17, 15) is 4.79 Å². The van der Waals surface area contributed by atoms with Crippen molar-refractivity contribution in [1.29, 1.82) is 0 Å². The van der Waals surface area contributed by atoms with Crippen molar-refractivity contribution in [2.75, 3.05) is 0 Å². The Morgan fingerprint density at radius 2 is 1.39 bits per heavy atom. The van der Waals surface area contributed by atoms with Gasteiger partial charge >= 0.3 is 5.97 Å². The molecule has 0 aliphatic heterocycles. The summed E-state index contributed by atoms with van der Waals surface area (Å²) in [6.45, 7) is 6.46. The van der Waals surface area contributed by atoms with E-state index in [1.165, 1.54) is 50.5 Å². The smallest absolute Gasteiger partial charge is 0.314 e. The number of benzene rings is 1. The van der Waals surface area contributed by atoms with Gasteiger partial charge in [0.1, 0.15) is 5.75 Å². The first kappa shape index (κ1) is 25.0. The molecule has 4 heteroatoms. The summed E-state index contributed by atoms with van der Waals surface area (Å²) < 4.78 is 5.60. The van der Waals surface area contributed by atoms with Crippen LogP contribution in [0, 0.1) is 5.92 Å². The van der Waals surface area contributed by atoms with Crippen molar-refractivity contribution >= 4 is 5.97 Å². The van der Waals surface area contributed by atoms with E-state index in [0.717, 1.165) is 37.7 Å². The Morgan fingerprint density at radius 1 is 0.806 bits per heavy atom. The Kier molecular flexibility index (Phi) is 11.9. The monoisotopic (exact) mass is 424 g/mol. The maximum Gasteiger partial charge on any atom is 0.314 e. The number of hydrogen-bond donors (Lipinski definition) is 0. The van der Waals surface area contributed by atoms with Crippen molar-refractivity contribution < 1.29 is 9.53 Å². The average molecular weight is 425 g/mol. The van der Waals surface area contributed by atoms with E-state index >= 15 is 0 Å². The largest absolute Gasteiger partial charge is 0.426 e. The highest BCUT2D eigenvalue weighted by Crippen LogP contribution is 2.22. The molecule has 0 spiro atoms. The third-order valence-corrected chi connectivity index (χ3v) is 5.71. The van der Waals surface area contributed by atoms with E-state index in [2.05, 4.69) is 30.7 Å². The number of aryl methyl sites for hydroxylation is 1. The number of nitrogens with zero attached hydrogens (tertiary/aromatic N) is 2. The molecule has 31 heavy (non-hydrogen) atoms. The lowest BCUT2D eigenvalue weighted by Crippen LogP contribution is -2.20. The van der Waals surface area contributed by atoms with Crippen LogP contribution in [0.1, 0.15) is 97.0 Å². The number of esters is 1. The molecule has 1 aromatic heterocycles. The molecular formula is C27H40N2O2. The summed E-state index contributed by atoms with van der Waals surface area (Å²) >= 11 is 0. The molecule has 0 N–H and O–H groups in total. The number of carbonyl (C=O) groups excluding carboxylic acids is 1.